The average molecular weight is 417 g/mol. The largest absolute Gasteiger partial charge is 0.489 e. The smallest absolute Gasteiger partial charge is 0.308 e. The quantitative estimate of drug-likeness (QED) is 0.377. The minimum atomic E-state index is -0.212. The Morgan fingerprint density at radius 2 is 1.35 bits per heavy atom. The van der Waals surface area contributed by atoms with Gasteiger partial charge in [-0.1, -0.05) is 79.7 Å². The Labute approximate surface area is 184 Å². The van der Waals surface area contributed by atoms with Crippen LogP contribution in [0.3, 0.4) is 0 Å². The summed E-state index contributed by atoms with van der Waals surface area (Å²) in [6, 6.07) is 25.9. The third-order valence-electron chi connectivity index (χ3n) is 4.80. The van der Waals surface area contributed by atoms with E-state index in [9.17, 15) is 4.79 Å². The minimum absolute atomic E-state index is 0.187. The molecule has 4 heteroatoms. The first kappa shape index (κ1) is 22.2. The van der Waals surface area contributed by atoms with Crippen molar-refractivity contribution in [2.75, 3.05) is 7.11 Å². The van der Waals surface area contributed by atoms with Crippen LogP contribution in [-0.2, 0) is 22.7 Å². The van der Waals surface area contributed by atoms with Gasteiger partial charge in [0.15, 0.2) is 0 Å². The second-order valence-electron chi connectivity index (χ2n) is 7.35. The molecule has 3 aromatic rings. The highest BCUT2D eigenvalue weighted by Crippen LogP contribution is 2.26. The van der Waals surface area contributed by atoms with Gasteiger partial charge < -0.3 is 14.2 Å². The van der Waals surface area contributed by atoms with Crippen molar-refractivity contribution in [1.82, 2.24) is 0 Å². The number of esters is 1. The van der Waals surface area contributed by atoms with Crippen LogP contribution in [0.4, 0.5) is 0 Å². The van der Waals surface area contributed by atoms with E-state index in [4.69, 9.17) is 14.2 Å². The Bertz CT molecular complexity index is 919. The molecule has 1 atom stereocenters. The Morgan fingerprint density at radius 1 is 0.839 bits per heavy atom. The summed E-state index contributed by atoms with van der Waals surface area (Å²) in [7, 11) is 1.41. The molecule has 0 saturated carbocycles. The standard InChI is InChI=1S/C27H28O4/c1-21(27(28)29-2)10-9-15-24-16-25(30-19-22-11-5-3-6-12-22)18-26(17-24)31-20-23-13-7-4-8-14-23/h3-9,11-18,21H,10,19-20H2,1-2H3/b15-9+. The van der Waals surface area contributed by atoms with Gasteiger partial charge in [-0.2, -0.15) is 0 Å². The maximum absolute atomic E-state index is 11.6. The fourth-order valence-corrected chi connectivity index (χ4v) is 3.04. The molecule has 0 amide bonds. The average Bonchev–Trinajstić information content (AvgIpc) is 2.82. The van der Waals surface area contributed by atoms with E-state index in [0.29, 0.717) is 19.6 Å². The van der Waals surface area contributed by atoms with E-state index in [1.807, 2.05) is 97.9 Å². The molecule has 0 radical (unpaired) electrons. The number of allylic oxidation sites excluding steroid dienone is 1. The molecule has 31 heavy (non-hydrogen) atoms. The van der Waals surface area contributed by atoms with Crippen molar-refractivity contribution in [1.29, 1.82) is 0 Å². The third-order valence-corrected chi connectivity index (χ3v) is 4.80. The number of hydrogen-bond acceptors (Lipinski definition) is 4. The van der Waals surface area contributed by atoms with Crippen molar-refractivity contribution in [3.8, 4) is 11.5 Å². The SMILES string of the molecule is COC(=O)C(C)C/C=C/c1cc(OCc2ccccc2)cc(OCc2ccccc2)c1. The van der Waals surface area contributed by atoms with Crippen molar-refractivity contribution in [2.45, 2.75) is 26.6 Å². The molecule has 0 fully saturated rings. The zero-order valence-corrected chi connectivity index (χ0v) is 18.0. The van der Waals surface area contributed by atoms with Crippen molar-refractivity contribution < 1.29 is 19.0 Å². The zero-order chi connectivity index (χ0) is 21.9. The normalized spacial score (nSPS) is 11.8. The van der Waals surface area contributed by atoms with Crippen LogP contribution in [0.5, 0.6) is 11.5 Å². The van der Waals surface area contributed by atoms with Crippen molar-refractivity contribution >= 4 is 12.0 Å². The van der Waals surface area contributed by atoms with Crippen LogP contribution < -0.4 is 9.47 Å². The molecule has 0 aliphatic rings. The number of benzene rings is 3. The monoisotopic (exact) mass is 416 g/mol. The number of carbonyl (C=O) groups excluding carboxylic acids is 1. The van der Waals surface area contributed by atoms with Crippen LogP contribution in [0, 0.1) is 5.92 Å². The number of hydrogen-bond donors (Lipinski definition) is 0. The topological polar surface area (TPSA) is 44.8 Å². The van der Waals surface area contributed by atoms with Crippen LogP contribution >= 0.6 is 0 Å². The summed E-state index contributed by atoms with van der Waals surface area (Å²) in [6.45, 7) is 2.81. The predicted molar refractivity (Wildman–Crippen MR) is 123 cm³/mol. The molecule has 4 nitrogen and oxygen atoms in total. The summed E-state index contributed by atoms with van der Waals surface area (Å²) in [4.78, 5) is 11.6. The fourth-order valence-electron chi connectivity index (χ4n) is 3.04. The van der Waals surface area contributed by atoms with Gasteiger partial charge in [-0.15, -0.1) is 0 Å². The van der Waals surface area contributed by atoms with E-state index >= 15 is 0 Å². The van der Waals surface area contributed by atoms with Gasteiger partial charge in [-0.05, 0) is 35.2 Å². The van der Waals surface area contributed by atoms with E-state index in [2.05, 4.69) is 0 Å². The van der Waals surface area contributed by atoms with Crippen molar-refractivity contribution in [3.05, 3.63) is 102 Å². The molecule has 0 spiro atoms. The molecule has 0 aliphatic heterocycles. The first-order chi connectivity index (χ1) is 15.1. The third kappa shape index (κ3) is 7.34. The molecule has 0 aliphatic carbocycles. The van der Waals surface area contributed by atoms with E-state index in [0.717, 1.165) is 28.2 Å². The van der Waals surface area contributed by atoms with Gasteiger partial charge in [0, 0.05) is 6.07 Å². The van der Waals surface area contributed by atoms with E-state index in [-0.39, 0.29) is 11.9 Å². The van der Waals surface area contributed by atoms with Gasteiger partial charge in [0.2, 0.25) is 0 Å². The lowest BCUT2D eigenvalue weighted by molar-refractivity contribution is -0.144. The number of methoxy groups -OCH3 is 1. The summed E-state index contributed by atoms with van der Waals surface area (Å²) in [5, 5.41) is 0. The summed E-state index contributed by atoms with van der Waals surface area (Å²) in [5.41, 5.74) is 3.15. The number of carbonyl (C=O) groups is 1. The van der Waals surface area contributed by atoms with Crippen LogP contribution in [0.1, 0.15) is 30.0 Å². The predicted octanol–water partition coefficient (Wildman–Crippen LogP) is 6.06. The molecule has 0 aromatic heterocycles. The van der Waals surface area contributed by atoms with E-state index < -0.39 is 0 Å². The second-order valence-corrected chi connectivity index (χ2v) is 7.35. The Morgan fingerprint density at radius 3 is 1.84 bits per heavy atom. The van der Waals surface area contributed by atoms with Gasteiger partial charge >= 0.3 is 5.97 Å². The van der Waals surface area contributed by atoms with Gasteiger partial charge in [-0.3, -0.25) is 4.79 Å². The maximum atomic E-state index is 11.6. The van der Waals surface area contributed by atoms with Gasteiger partial charge in [0.1, 0.15) is 24.7 Å². The fraction of sp³-hybridized carbons (Fsp3) is 0.222. The summed E-state index contributed by atoms with van der Waals surface area (Å²) >= 11 is 0. The molecule has 160 valence electrons. The molecule has 1 unspecified atom stereocenters. The molecular formula is C27H28O4. The summed E-state index contributed by atoms with van der Waals surface area (Å²) < 4.78 is 16.8. The number of rotatable bonds is 10. The van der Waals surface area contributed by atoms with Gasteiger partial charge in [0.25, 0.3) is 0 Å². The van der Waals surface area contributed by atoms with Crippen LogP contribution in [0.15, 0.2) is 84.9 Å². The van der Waals surface area contributed by atoms with Gasteiger partial charge in [-0.25, -0.2) is 0 Å². The Balaban J connectivity index is 1.73. The van der Waals surface area contributed by atoms with E-state index in [1.165, 1.54) is 7.11 Å². The highest BCUT2D eigenvalue weighted by atomic mass is 16.5. The lowest BCUT2D eigenvalue weighted by Gasteiger charge is -2.12. The molecule has 0 bridgehead atoms. The summed E-state index contributed by atoms with van der Waals surface area (Å²) in [5.74, 6) is 1.06. The summed E-state index contributed by atoms with van der Waals surface area (Å²) in [6.07, 6.45) is 4.55. The van der Waals surface area contributed by atoms with Gasteiger partial charge in [0.05, 0.1) is 13.0 Å². The van der Waals surface area contributed by atoms with Crippen LogP contribution in [0.25, 0.3) is 6.08 Å². The molecule has 0 saturated heterocycles. The zero-order valence-electron chi connectivity index (χ0n) is 18.0. The van der Waals surface area contributed by atoms with Crippen molar-refractivity contribution in [2.24, 2.45) is 5.92 Å². The minimum Gasteiger partial charge on any atom is -0.489 e. The highest BCUT2D eigenvalue weighted by Gasteiger charge is 2.10. The molecule has 3 aromatic carbocycles. The highest BCUT2D eigenvalue weighted by molar-refractivity contribution is 5.72. The lowest BCUT2D eigenvalue weighted by Crippen LogP contribution is -2.11. The molecular weight excluding hydrogens is 388 g/mol. The van der Waals surface area contributed by atoms with Crippen molar-refractivity contribution in [3.63, 3.8) is 0 Å². The lowest BCUT2D eigenvalue weighted by atomic mass is 10.1. The molecule has 0 heterocycles. The first-order valence-electron chi connectivity index (χ1n) is 10.4. The second kappa shape index (κ2) is 11.6. The van der Waals surface area contributed by atoms with Crippen LogP contribution in [-0.4, -0.2) is 13.1 Å². The Hall–Kier alpha value is -3.53. The van der Waals surface area contributed by atoms with Crippen LogP contribution in [0.2, 0.25) is 0 Å². The van der Waals surface area contributed by atoms with E-state index in [1.54, 1.807) is 0 Å². The Kier molecular flexibility index (Phi) is 8.29. The maximum Gasteiger partial charge on any atom is 0.308 e. The molecule has 3 rings (SSSR count). The first-order valence-corrected chi connectivity index (χ1v) is 10.4. The number of ether oxygens (including phenoxy) is 3. The molecule has 0 N–H and O–H groups in total.